The van der Waals surface area contributed by atoms with Gasteiger partial charge >= 0.3 is 0 Å². The van der Waals surface area contributed by atoms with Crippen LogP contribution in [0.1, 0.15) is 6.42 Å². The minimum atomic E-state index is -4.11. The van der Waals surface area contributed by atoms with Crippen molar-refractivity contribution in [1.82, 2.24) is 9.88 Å². The van der Waals surface area contributed by atoms with Crippen LogP contribution in [-0.4, -0.2) is 45.5 Å². The molecule has 0 radical (unpaired) electrons. The predicted octanol–water partition coefficient (Wildman–Crippen LogP) is 3.82. The standard InChI is InChI=1S/C20H21F2N3O3S/c1-25(2)13-5-12-23-19-20(29(26,27)15-10-8-14(21)9-11-15)24-18(28-19)16-6-3-4-7-17(16)22/h3-4,6-11,23H,5,12-13H2,1-2H3. The first-order chi connectivity index (χ1) is 13.8. The zero-order valence-corrected chi connectivity index (χ0v) is 16.8. The largest absolute Gasteiger partial charge is 0.419 e. The first kappa shape index (κ1) is 20.9. The summed E-state index contributed by atoms with van der Waals surface area (Å²) in [6.07, 6.45) is 0.721. The van der Waals surface area contributed by atoms with Gasteiger partial charge in [0.1, 0.15) is 11.6 Å². The van der Waals surface area contributed by atoms with Gasteiger partial charge in [0, 0.05) is 6.54 Å². The van der Waals surface area contributed by atoms with Gasteiger partial charge in [0.2, 0.25) is 26.6 Å². The van der Waals surface area contributed by atoms with Gasteiger partial charge in [-0.15, -0.1) is 0 Å². The number of nitrogens with zero attached hydrogens (tertiary/aromatic N) is 2. The zero-order valence-electron chi connectivity index (χ0n) is 16.0. The van der Waals surface area contributed by atoms with Crippen LogP contribution >= 0.6 is 0 Å². The number of hydrogen-bond donors (Lipinski definition) is 1. The summed E-state index contributed by atoms with van der Waals surface area (Å²) in [6, 6.07) is 10.2. The molecular weight excluding hydrogens is 400 g/mol. The smallest absolute Gasteiger partial charge is 0.233 e. The molecule has 0 bridgehead atoms. The van der Waals surface area contributed by atoms with E-state index < -0.39 is 21.5 Å². The highest BCUT2D eigenvalue weighted by Gasteiger charge is 2.29. The van der Waals surface area contributed by atoms with Crippen molar-refractivity contribution in [2.24, 2.45) is 0 Å². The summed E-state index contributed by atoms with van der Waals surface area (Å²) in [5, 5.41) is 2.57. The molecule has 0 aliphatic rings. The molecule has 6 nitrogen and oxygen atoms in total. The van der Waals surface area contributed by atoms with Crippen molar-refractivity contribution < 1.29 is 21.6 Å². The number of halogens is 2. The first-order valence-electron chi connectivity index (χ1n) is 8.94. The van der Waals surface area contributed by atoms with E-state index in [4.69, 9.17) is 4.42 Å². The molecule has 1 N–H and O–H groups in total. The molecule has 1 aromatic heterocycles. The molecule has 2 aromatic carbocycles. The Bertz CT molecular complexity index is 1080. The molecule has 9 heteroatoms. The van der Waals surface area contributed by atoms with E-state index in [1.165, 1.54) is 18.2 Å². The van der Waals surface area contributed by atoms with Gasteiger partial charge in [-0.2, -0.15) is 4.98 Å². The number of nitrogens with one attached hydrogen (secondary N) is 1. The molecule has 3 aromatic rings. The zero-order chi connectivity index (χ0) is 21.0. The third-order valence-electron chi connectivity index (χ3n) is 4.15. The van der Waals surface area contributed by atoms with Gasteiger partial charge in [-0.05, 0) is 63.5 Å². The molecule has 0 atom stereocenters. The Morgan fingerprint density at radius 3 is 2.41 bits per heavy atom. The van der Waals surface area contributed by atoms with Crippen LogP contribution in [0.5, 0.6) is 0 Å². The molecule has 0 unspecified atom stereocenters. The Kier molecular flexibility index (Phi) is 6.29. The van der Waals surface area contributed by atoms with Gasteiger partial charge in [0.25, 0.3) is 0 Å². The molecule has 0 saturated carbocycles. The van der Waals surface area contributed by atoms with E-state index in [9.17, 15) is 17.2 Å². The molecule has 0 aliphatic carbocycles. The van der Waals surface area contributed by atoms with Crippen molar-refractivity contribution in [3.05, 3.63) is 60.2 Å². The normalized spacial score (nSPS) is 11.8. The van der Waals surface area contributed by atoms with Gasteiger partial charge < -0.3 is 14.6 Å². The van der Waals surface area contributed by atoms with E-state index in [0.717, 1.165) is 37.2 Å². The topological polar surface area (TPSA) is 75.4 Å². The van der Waals surface area contributed by atoms with Crippen LogP contribution in [0, 0.1) is 11.6 Å². The quantitative estimate of drug-likeness (QED) is 0.440. The van der Waals surface area contributed by atoms with Crippen molar-refractivity contribution in [3.8, 4) is 11.5 Å². The summed E-state index contributed by atoms with van der Waals surface area (Å²) in [4.78, 5) is 5.92. The third kappa shape index (κ3) is 4.80. The second-order valence-corrected chi connectivity index (χ2v) is 8.54. The molecule has 0 fully saturated rings. The molecular formula is C20H21F2N3O3S. The van der Waals surface area contributed by atoms with E-state index in [1.807, 2.05) is 19.0 Å². The fourth-order valence-corrected chi connectivity index (χ4v) is 3.95. The van der Waals surface area contributed by atoms with Crippen LogP contribution < -0.4 is 5.32 Å². The highest BCUT2D eigenvalue weighted by molar-refractivity contribution is 7.91. The molecule has 1 heterocycles. The van der Waals surface area contributed by atoms with Crippen LogP contribution in [0.2, 0.25) is 0 Å². The Morgan fingerprint density at radius 2 is 1.76 bits per heavy atom. The molecule has 0 amide bonds. The van der Waals surface area contributed by atoms with Crippen LogP contribution in [0.25, 0.3) is 11.5 Å². The van der Waals surface area contributed by atoms with Gasteiger partial charge in [-0.25, -0.2) is 17.2 Å². The summed E-state index contributed by atoms with van der Waals surface area (Å²) in [5.74, 6) is -1.37. The monoisotopic (exact) mass is 421 g/mol. The number of benzene rings is 2. The predicted molar refractivity (Wildman–Crippen MR) is 105 cm³/mol. The number of hydrogen-bond acceptors (Lipinski definition) is 6. The van der Waals surface area contributed by atoms with Gasteiger partial charge in [-0.3, -0.25) is 0 Å². The number of rotatable bonds is 8. The molecule has 0 aliphatic heterocycles. The second-order valence-electron chi connectivity index (χ2n) is 6.67. The fourth-order valence-electron chi connectivity index (χ4n) is 2.67. The molecule has 154 valence electrons. The van der Waals surface area contributed by atoms with Crippen molar-refractivity contribution in [3.63, 3.8) is 0 Å². The summed E-state index contributed by atoms with van der Waals surface area (Å²) in [7, 11) is -0.255. The van der Waals surface area contributed by atoms with Crippen LogP contribution in [0.4, 0.5) is 14.7 Å². The lowest BCUT2D eigenvalue weighted by Gasteiger charge is -2.10. The Balaban J connectivity index is 2.01. The minimum Gasteiger partial charge on any atom is -0.419 e. The molecule has 0 spiro atoms. The van der Waals surface area contributed by atoms with Crippen LogP contribution in [-0.2, 0) is 9.84 Å². The maximum absolute atomic E-state index is 14.2. The maximum Gasteiger partial charge on any atom is 0.233 e. The van der Waals surface area contributed by atoms with Crippen LogP contribution in [0.3, 0.4) is 0 Å². The summed E-state index contributed by atoms with van der Waals surface area (Å²) >= 11 is 0. The highest BCUT2D eigenvalue weighted by atomic mass is 32.2. The number of sulfone groups is 1. The minimum absolute atomic E-state index is 0.0457. The van der Waals surface area contributed by atoms with E-state index in [2.05, 4.69) is 10.3 Å². The molecule has 29 heavy (non-hydrogen) atoms. The van der Waals surface area contributed by atoms with Gasteiger partial charge in [0.15, 0.2) is 0 Å². The molecule has 0 saturated heterocycles. The van der Waals surface area contributed by atoms with E-state index in [1.54, 1.807) is 6.07 Å². The number of anilines is 1. The third-order valence-corrected chi connectivity index (χ3v) is 5.83. The van der Waals surface area contributed by atoms with Crippen molar-refractivity contribution >= 4 is 15.7 Å². The van der Waals surface area contributed by atoms with E-state index >= 15 is 0 Å². The van der Waals surface area contributed by atoms with Crippen molar-refractivity contribution in [1.29, 1.82) is 0 Å². The average molecular weight is 421 g/mol. The Morgan fingerprint density at radius 1 is 1.07 bits per heavy atom. The fraction of sp³-hybridized carbons (Fsp3) is 0.250. The van der Waals surface area contributed by atoms with Crippen molar-refractivity contribution in [2.75, 3.05) is 32.5 Å². The van der Waals surface area contributed by atoms with E-state index in [-0.39, 0.29) is 27.3 Å². The Hall–Kier alpha value is -2.78. The lowest BCUT2D eigenvalue weighted by molar-refractivity contribution is 0.404. The SMILES string of the molecule is CN(C)CCCNc1oc(-c2ccccc2F)nc1S(=O)(=O)c1ccc(F)cc1. The number of aromatic nitrogens is 1. The second kappa shape index (κ2) is 8.71. The van der Waals surface area contributed by atoms with Gasteiger partial charge in [-0.1, -0.05) is 12.1 Å². The highest BCUT2D eigenvalue weighted by Crippen LogP contribution is 2.33. The lowest BCUT2D eigenvalue weighted by atomic mass is 10.2. The maximum atomic E-state index is 14.2. The van der Waals surface area contributed by atoms with Crippen molar-refractivity contribution in [2.45, 2.75) is 16.3 Å². The van der Waals surface area contributed by atoms with Gasteiger partial charge in [0.05, 0.1) is 10.5 Å². The lowest BCUT2D eigenvalue weighted by Crippen LogP contribution is -2.17. The summed E-state index contributed by atoms with van der Waals surface area (Å²) in [6.45, 7) is 1.21. The number of oxazole rings is 1. The summed E-state index contributed by atoms with van der Waals surface area (Å²) in [5.41, 5.74) is 0.0457. The summed E-state index contributed by atoms with van der Waals surface area (Å²) < 4.78 is 59.1. The van der Waals surface area contributed by atoms with E-state index in [0.29, 0.717) is 6.54 Å². The first-order valence-corrected chi connectivity index (χ1v) is 10.4. The average Bonchev–Trinajstić information content (AvgIpc) is 3.10. The van der Waals surface area contributed by atoms with Crippen LogP contribution in [0.15, 0.2) is 62.9 Å². The Labute approximate surface area is 168 Å². The molecule has 3 rings (SSSR count).